The van der Waals surface area contributed by atoms with E-state index in [2.05, 4.69) is 170 Å². The fourth-order valence-electron chi connectivity index (χ4n) is 6.07. The van der Waals surface area contributed by atoms with Gasteiger partial charge in [0.25, 0.3) is 0 Å². The Morgan fingerprint density at radius 1 is 0.152 bits per heavy atom. The van der Waals surface area contributed by atoms with Gasteiger partial charge in [0.15, 0.2) is 0 Å². The number of benzene rings is 10. The molecule has 0 aliphatic rings. The second kappa shape index (κ2) is 13.8. The van der Waals surface area contributed by atoms with Crippen molar-refractivity contribution in [3.05, 3.63) is 206 Å². The minimum Gasteiger partial charge on any atom is -0.0623 e. The molecule has 0 aliphatic heterocycles. The van der Waals surface area contributed by atoms with E-state index in [0.29, 0.717) is 0 Å². The van der Waals surface area contributed by atoms with Gasteiger partial charge in [-0.2, -0.15) is 0 Å². The van der Waals surface area contributed by atoms with Crippen molar-refractivity contribution in [3.8, 4) is 0 Å². The quantitative estimate of drug-likeness (QED) is 0.122. The minimum absolute atomic E-state index is 1.31. The molecule has 218 valence electrons. The van der Waals surface area contributed by atoms with E-state index >= 15 is 0 Å². The molecule has 0 aliphatic carbocycles. The zero-order valence-corrected chi connectivity index (χ0v) is 25.6. The maximum absolute atomic E-state index is 2.24. The topological polar surface area (TPSA) is 0 Å². The molecule has 0 heteroatoms. The highest BCUT2D eigenvalue weighted by atomic mass is 14.1. The summed E-state index contributed by atoms with van der Waals surface area (Å²) >= 11 is 0. The Morgan fingerprint density at radius 2 is 0.370 bits per heavy atom. The van der Waals surface area contributed by atoms with E-state index in [1.54, 1.807) is 0 Å². The standard InChI is InChI=1S/C16H10.C14H10.C10H8.C6H6/c1-3-11-7-9-13-5-2-6-14-10-8-12(4-1)15(11)16(13)14;1-2-6-12-10-14-8-4-3-7-13(14)9-11(12)5-1;1-2-6-10-8-4-3-7-9(10)5-1;1-2-4-6-5-3-1/h1-10H;1-10H;1-8H;1-6H. The van der Waals surface area contributed by atoms with E-state index in [1.807, 2.05) is 36.4 Å². The van der Waals surface area contributed by atoms with E-state index in [1.165, 1.54) is 64.6 Å². The zero-order valence-electron chi connectivity index (χ0n) is 25.6. The van der Waals surface area contributed by atoms with Crippen LogP contribution in [-0.4, -0.2) is 0 Å². The summed E-state index contributed by atoms with van der Waals surface area (Å²) in [4.78, 5) is 0. The van der Waals surface area contributed by atoms with Gasteiger partial charge < -0.3 is 0 Å². The van der Waals surface area contributed by atoms with Gasteiger partial charge in [0, 0.05) is 0 Å². The van der Waals surface area contributed by atoms with Crippen LogP contribution in [0.2, 0.25) is 0 Å². The van der Waals surface area contributed by atoms with Gasteiger partial charge >= 0.3 is 0 Å². The van der Waals surface area contributed by atoms with Crippen LogP contribution in [0, 0.1) is 0 Å². The van der Waals surface area contributed by atoms with Crippen molar-refractivity contribution in [1.82, 2.24) is 0 Å². The molecule has 0 atom stereocenters. The number of fused-ring (bicyclic) bond motifs is 3. The molecule has 0 aromatic heterocycles. The smallest absolute Gasteiger partial charge is 0.00268 e. The number of rotatable bonds is 0. The average molecular weight is 587 g/mol. The first-order chi connectivity index (χ1) is 22.8. The van der Waals surface area contributed by atoms with Gasteiger partial charge in [-0.15, -0.1) is 0 Å². The van der Waals surface area contributed by atoms with Gasteiger partial charge in [0.1, 0.15) is 0 Å². The third-order valence-corrected chi connectivity index (χ3v) is 8.33. The summed E-state index contributed by atoms with van der Waals surface area (Å²) in [6.07, 6.45) is 0. The largest absolute Gasteiger partial charge is 0.0623 e. The zero-order chi connectivity index (χ0) is 31.0. The molecule has 0 heterocycles. The van der Waals surface area contributed by atoms with Gasteiger partial charge in [-0.3, -0.25) is 0 Å². The Bertz CT molecular complexity index is 2150. The molecule has 10 rings (SSSR count). The minimum atomic E-state index is 1.31. The Morgan fingerprint density at radius 3 is 0.630 bits per heavy atom. The second-order valence-corrected chi connectivity index (χ2v) is 11.3. The maximum Gasteiger partial charge on any atom is -0.00268 e. The first kappa shape index (κ1) is 28.8. The summed E-state index contributed by atoms with van der Waals surface area (Å²) in [6.45, 7) is 0. The van der Waals surface area contributed by atoms with Crippen LogP contribution in [0.4, 0.5) is 0 Å². The SMILES string of the molecule is c1cc2ccc3cccc4ccc(c1)c2c34.c1ccc2cc3ccccc3cc2c1.c1ccc2ccccc2c1.c1ccccc1. The average Bonchev–Trinajstić information content (AvgIpc) is 3.15. The predicted octanol–water partition coefficient (Wildman–Crippen LogP) is 13.1. The highest BCUT2D eigenvalue weighted by molar-refractivity contribution is 6.22. The molecule has 0 unspecified atom stereocenters. The molecule has 0 radical (unpaired) electrons. The molecule has 0 nitrogen and oxygen atoms in total. The Kier molecular flexibility index (Phi) is 8.61. The molecule has 0 fully saturated rings. The first-order valence-corrected chi connectivity index (χ1v) is 15.8. The summed E-state index contributed by atoms with van der Waals surface area (Å²) < 4.78 is 0. The second-order valence-electron chi connectivity index (χ2n) is 11.3. The molecular formula is C46H34. The van der Waals surface area contributed by atoms with E-state index in [0.717, 1.165) is 0 Å². The van der Waals surface area contributed by atoms with Crippen LogP contribution in [0.15, 0.2) is 206 Å². The molecule has 0 spiro atoms. The van der Waals surface area contributed by atoms with Crippen molar-refractivity contribution >= 4 is 64.6 Å². The van der Waals surface area contributed by atoms with Gasteiger partial charge in [0.2, 0.25) is 0 Å². The molecule has 10 aromatic carbocycles. The highest BCUT2D eigenvalue weighted by Crippen LogP contribution is 2.33. The van der Waals surface area contributed by atoms with Crippen LogP contribution < -0.4 is 0 Å². The molecule has 0 N–H and O–H groups in total. The van der Waals surface area contributed by atoms with Crippen LogP contribution in [0.1, 0.15) is 0 Å². The monoisotopic (exact) mass is 586 g/mol. The van der Waals surface area contributed by atoms with Crippen molar-refractivity contribution in [2.24, 2.45) is 0 Å². The van der Waals surface area contributed by atoms with Crippen molar-refractivity contribution < 1.29 is 0 Å². The van der Waals surface area contributed by atoms with Crippen molar-refractivity contribution in [2.45, 2.75) is 0 Å². The van der Waals surface area contributed by atoms with Crippen LogP contribution in [0.25, 0.3) is 64.6 Å². The first-order valence-electron chi connectivity index (χ1n) is 15.8. The number of hydrogen-bond donors (Lipinski definition) is 0. The molecule has 0 amide bonds. The van der Waals surface area contributed by atoms with Crippen LogP contribution in [0.3, 0.4) is 0 Å². The van der Waals surface area contributed by atoms with Crippen molar-refractivity contribution in [2.75, 3.05) is 0 Å². The van der Waals surface area contributed by atoms with Crippen LogP contribution in [0.5, 0.6) is 0 Å². The lowest BCUT2D eigenvalue weighted by molar-refractivity contribution is 1.72. The normalized spacial score (nSPS) is 10.6. The lowest BCUT2D eigenvalue weighted by Crippen LogP contribution is -1.82. The fourth-order valence-corrected chi connectivity index (χ4v) is 6.07. The molecular weight excluding hydrogens is 553 g/mol. The Labute approximate surface area is 270 Å². The number of hydrogen-bond acceptors (Lipinski definition) is 0. The maximum atomic E-state index is 2.24. The summed E-state index contributed by atoms with van der Waals surface area (Å²) in [5.74, 6) is 0. The van der Waals surface area contributed by atoms with E-state index in [9.17, 15) is 0 Å². The van der Waals surface area contributed by atoms with Gasteiger partial charge in [0.05, 0.1) is 0 Å². The molecule has 0 bridgehead atoms. The lowest BCUT2D eigenvalue weighted by atomic mass is 9.95. The summed E-state index contributed by atoms with van der Waals surface area (Å²) in [5, 5.41) is 16.0. The molecule has 46 heavy (non-hydrogen) atoms. The summed E-state index contributed by atoms with van der Waals surface area (Å²) in [6, 6.07) is 72.0. The summed E-state index contributed by atoms with van der Waals surface area (Å²) in [5.41, 5.74) is 0. The van der Waals surface area contributed by atoms with Crippen molar-refractivity contribution in [3.63, 3.8) is 0 Å². The van der Waals surface area contributed by atoms with E-state index < -0.39 is 0 Å². The summed E-state index contributed by atoms with van der Waals surface area (Å²) in [7, 11) is 0. The van der Waals surface area contributed by atoms with Gasteiger partial charge in [-0.1, -0.05) is 194 Å². The third kappa shape index (κ3) is 6.43. The Hall–Kier alpha value is -5.98. The van der Waals surface area contributed by atoms with E-state index in [4.69, 9.17) is 0 Å². The van der Waals surface area contributed by atoms with Crippen LogP contribution >= 0.6 is 0 Å². The molecule has 0 saturated carbocycles. The highest BCUT2D eigenvalue weighted by Gasteiger charge is 2.06. The predicted molar refractivity (Wildman–Crippen MR) is 202 cm³/mol. The van der Waals surface area contributed by atoms with Gasteiger partial charge in [-0.05, 0) is 76.8 Å². The third-order valence-electron chi connectivity index (χ3n) is 8.33. The molecule has 0 saturated heterocycles. The molecule has 10 aromatic rings. The van der Waals surface area contributed by atoms with Gasteiger partial charge in [-0.25, -0.2) is 0 Å². The van der Waals surface area contributed by atoms with E-state index in [-0.39, 0.29) is 0 Å². The van der Waals surface area contributed by atoms with Crippen LogP contribution in [-0.2, 0) is 0 Å². The lowest BCUT2D eigenvalue weighted by Gasteiger charge is -2.09. The Balaban J connectivity index is 0.000000103. The fraction of sp³-hybridized carbons (Fsp3) is 0. The van der Waals surface area contributed by atoms with Crippen molar-refractivity contribution in [1.29, 1.82) is 0 Å².